The second-order valence-corrected chi connectivity index (χ2v) is 4.23. The smallest absolute Gasteiger partial charge is 0.255 e. The van der Waals surface area contributed by atoms with Crippen molar-refractivity contribution < 1.29 is 14.6 Å². The van der Waals surface area contributed by atoms with E-state index in [1.807, 2.05) is 6.92 Å². The Kier molecular flexibility index (Phi) is 4.52. The normalized spacial score (nSPS) is 13.9. The van der Waals surface area contributed by atoms with E-state index in [1.54, 1.807) is 31.2 Å². The molecule has 17 heavy (non-hydrogen) atoms. The average molecular weight is 237 g/mol. The molecule has 1 atom stereocenters. The largest absolute Gasteiger partial charge is 0.496 e. The quantitative estimate of drug-likeness (QED) is 0.817. The summed E-state index contributed by atoms with van der Waals surface area (Å²) in [6.07, 6.45) is 0.657. The minimum absolute atomic E-state index is 0.0929. The fraction of sp³-hybridized carbons (Fsp3) is 0.462. The van der Waals surface area contributed by atoms with Gasteiger partial charge in [-0.3, -0.25) is 4.79 Å². The van der Waals surface area contributed by atoms with Gasteiger partial charge in [-0.1, -0.05) is 19.1 Å². The molecular formula is C13H19NO3. The number of nitrogens with one attached hydrogen (secondary N) is 1. The van der Waals surface area contributed by atoms with Gasteiger partial charge in [-0.15, -0.1) is 0 Å². The van der Waals surface area contributed by atoms with Crippen LogP contribution in [0.3, 0.4) is 0 Å². The third-order valence-electron chi connectivity index (χ3n) is 2.90. The molecule has 0 heterocycles. The molecule has 0 saturated carbocycles. The van der Waals surface area contributed by atoms with Gasteiger partial charge in [-0.05, 0) is 25.5 Å². The highest BCUT2D eigenvalue weighted by Gasteiger charge is 2.24. The second kappa shape index (κ2) is 5.68. The summed E-state index contributed by atoms with van der Waals surface area (Å²) in [5.74, 6) is 0.294. The first kappa shape index (κ1) is 13.5. The molecule has 0 saturated heterocycles. The van der Waals surface area contributed by atoms with Crippen LogP contribution in [-0.2, 0) is 0 Å². The van der Waals surface area contributed by atoms with Gasteiger partial charge in [0.2, 0.25) is 0 Å². The van der Waals surface area contributed by atoms with Crippen LogP contribution in [0.25, 0.3) is 0 Å². The minimum atomic E-state index is -0.599. The van der Waals surface area contributed by atoms with E-state index in [4.69, 9.17) is 4.74 Å². The first-order chi connectivity index (χ1) is 8.06. The van der Waals surface area contributed by atoms with Gasteiger partial charge in [0.05, 0.1) is 24.8 Å². The molecular weight excluding hydrogens is 218 g/mol. The Labute approximate surface area is 102 Å². The monoisotopic (exact) mass is 237 g/mol. The summed E-state index contributed by atoms with van der Waals surface area (Å²) in [6, 6.07) is 7.01. The van der Waals surface area contributed by atoms with Crippen LogP contribution in [0.4, 0.5) is 0 Å². The molecule has 0 spiro atoms. The van der Waals surface area contributed by atoms with Crippen molar-refractivity contribution in [1.29, 1.82) is 0 Å². The number of hydrogen-bond donors (Lipinski definition) is 2. The lowest BCUT2D eigenvalue weighted by Gasteiger charge is -2.27. The minimum Gasteiger partial charge on any atom is -0.496 e. The molecule has 1 aromatic rings. The predicted octanol–water partition coefficient (Wildman–Crippen LogP) is 1.59. The van der Waals surface area contributed by atoms with Gasteiger partial charge >= 0.3 is 0 Å². The molecule has 0 aliphatic heterocycles. The highest BCUT2D eigenvalue weighted by molar-refractivity contribution is 5.97. The standard InChI is InChI=1S/C13H19NO3/c1-4-13(2,9-15)14-12(16)10-7-5-6-8-11(10)17-3/h5-8,15H,4,9H2,1-3H3,(H,14,16). The molecule has 0 fully saturated rings. The number of methoxy groups -OCH3 is 1. The topological polar surface area (TPSA) is 58.6 Å². The highest BCUT2D eigenvalue weighted by Crippen LogP contribution is 2.18. The molecule has 4 nitrogen and oxygen atoms in total. The summed E-state index contributed by atoms with van der Waals surface area (Å²) in [6.45, 7) is 3.63. The number of hydrogen-bond acceptors (Lipinski definition) is 3. The first-order valence-electron chi connectivity index (χ1n) is 5.62. The van der Waals surface area contributed by atoms with Crippen LogP contribution < -0.4 is 10.1 Å². The molecule has 1 unspecified atom stereocenters. The first-order valence-corrected chi connectivity index (χ1v) is 5.62. The van der Waals surface area contributed by atoms with Crippen LogP contribution in [0.5, 0.6) is 5.75 Å². The molecule has 4 heteroatoms. The Morgan fingerprint density at radius 1 is 1.47 bits per heavy atom. The Balaban J connectivity index is 2.90. The summed E-state index contributed by atoms with van der Waals surface area (Å²) < 4.78 is 5.12. The molecule has 1 amide bonds. The summed E-state index contributed by atoms with van der Waals surface area (Å²) in [5.41, 5.74) is -0.124. The molecule has 0 radical (unpaired) electrons. The molecule has 1 rings (SSSR count). The average Bonchev–Trinajstić information content (AvgIpc) is 2.38. The Bertz CT molecular complexity index is 386. The maximum atomic E-state index is 12.1. The van der Waals surface area contributed by atoms with E-state index in [9.17, 15) is 9.90 Å². The van der Waals surface area contributed by atoms with E-state index in [0.717, 1.165) is 0 Å². The van der Waals surface area contributed by atoms with Crippen LogP contribution in [0.1, 0.15) is 30.6 Å². The van der Waals surface area contributed by atoms with Crippen molar-refractivity contribution in [3.63, 3.8) is 0 Å². The van der Waals surface area contributed by atoms with Crippen molar-refractivity contribution in [3.05, 3.63) is 29.8 Å². The van der Waals surface area contributed by atoms with E-state index >= 15 is 0 Å². The number of rotatable bonds is 5. The molecule has 0 aliphatic rings. The van der Waals surface area contributed by atoms with Crippen LogP contribution in [0, 0.1) is 0 Å². The van der Waals surface area contributed by atoms with Crippen molar-refractivity contribution in [3.8, 4) is 5.75 Å². The molecule has 0 bridgehead atoms. The number of aliphatic hydroxyl groups is 1. The maximum Gasteiger partial charge on any atom is 0.255 e. The predicted molar refractivity (Wildman–Crippen MR) is 66.2 cm³/mol. The number of aliphatic hydroxyl groups excluding tert-OH is 1. The van der Waals surface area contributed by atoms with Crippen molar-refractivity contribution in [2.45, 2.75) is 25.8 Å². The fourth-order valence-corrected chi connectivity index (χ4v) is 1.41. The molecule has 2 N–H and O–H groups in total. The lowest BCUT2D eigenvalue weighted by atomic mass is 9.99. The van der Waals surface area contributed by atoms with Gasteiger partial charge in [-0.2, -0.15) is 0 Å². The SMILES string of the molecule is CCC(C)(CO)NC(=O)c1ccccc1OC. The van der Waals surface area contributed by atoms with Crippen LogP contribution in [0.2, 0.25) is 0 Å². The van der Waals surface area contributed by atoms with Crippen molar-refractivity contribution in [1.82, 2.24) is 5.32 Å². The van der Waals surface area contributed by atoms with Crippen molar-refractivity contribution in [2.24, 2.45) is 0 Å². The zero-order valence-corrected chi connectivity index (χ0v) is 10.5. The van der Waals surface area contributed by atoms with Crippen LogP contribution in [-0.4, -0.2) is 30.3 Å². The summed E-state index contributed by atoms with van der Waals surface area (Å²) in [7, 11) is 1.52. The maximum absolute atomic E-state index is 12.1. The van der Waals surface area contributed by atoms with E-state index in [-0.39, 0.29) is 12.5 Å². The number of para-hydroxylation sites is 1. The van der Waals surface area contributed by atoms with Crippen LogP contribution >= 0.6 is 0 Å². The number of carbonyl (C=O) groups is 1. The third-order valence-corrected chi connectivity index (χ3v) is 2.90. The van der Waals surface area contributed by atoms with Crippen molar-refractivity contribution in [2.75, 3.05) is 13.7 Å². The van der Waals surface area contributed by atoms with Gasteiger partial charge in [0, 0.05) is 0 Å². The molecule has 0 aromatic heterocycles. The lowest BCUT2D eigenvalue weighted by molar-refractivity contribution is 0.0844. The Morgan fingerprint density at radius 3 is 2.65 bits per heavy atom. The second-order valence-electron chi connectivity index (χ2n) is 4.23. The number of benzene rings is 1. The Morgan fingerprint density at radius 2 is 2.12 bits per heavy atom. The fourth-order valence-electron chi connectivity index (χ4n) is 1.41. The molecule has 94 valence electrons. The van der Waals surface area contributed by atoms with Gasteiger partial charge < -0.3 is 15.2 Å². The zero-order valence-electron chi connectivity index (χ0n) is 10.5. The number of ether oxygens (including phenoxy) is 1. The van der Waals surface area contributed by atoms with E-state index in [1.165, 1.54) is 7.11 Å². The summed E-state index contributed by atoms with van der Waals surface area (Å²) in [5, 5.41) is 12.1. The van der Waals surface area contributed by atoms with Gasteiger partial charge in [-0.25, -0.2) is 0 Å². The lowest BCUT2D eigenvalue weighted by Crippen LogP contribution is -2.48. The molecule has 0 aliphatic carbocycles. The number of carbonyl (C=O) groups excluding carboxylic acids is 1. The van der Waals surface area contributed by atoms with Crippen molar-refractivity contribution >= 4 is 5.91 Å². The third kappa shape index (κ3) is 3.20. The number of amides is 1. The summed E-state index contributed by atoms with van der Waals surface area (Å²) >= 11 is 0. The Hall–Kier alpha value is -1.55. The van der Waals surface area contributed by atoms with Crippen LogP contribution in [0.15, 0.2) is 24.3 Å². The zero-order chi connectivity index (χ0) is 12.9. The van der Waals surface area contributed by atoms with E-state index in [2.05, 4.69) is 5.32 Å². The van der Waals surface area contributed by atoms with Gasteiger partial charge in [0.25, 0.3) is 5.91 Å². The summed E-state index contributed by atoms with van der Waals surface area (Å²) in [4.78, 5) is 12.1. The van der Waals surface area contributed by atoms with Gasteiger partial charge in [0.1, 0.15) is 5.75 Å². The van der Waals surface area contributed by atoms with E-state index in [0.29, 0.717) is 17.7 Å². The van der Waals surface area contributed by atoms with Gasteiger partial charge in [0.15, 0.2) is 0 Å². The highest BCUT2D eigenvalue weighted by atomic mass is 16.5. The van der Waals surface area contributed by atoms with E-state index < -0.39 is 5.54 Å². The molecule has 1 aromatic carbocycles.